The van der Waals surface area contributed by atoms with Crippen LogP contribution < -0.4 is 11.1 Å². The lowest BCUT2D eigenvalue weighted by Crippen LogP contribution is -2.54. The maximum absolute atomic E-state index is 11.9. The number of carbonyl (C=O) groups excluding carboxylic acids is 1. The standard InChI is InChI=1S/C15H28N5O7P/c1-9(2)24-5-11(6-26-28(22,23)27-10(3)4)25-8-20-7-17-12-13(20)18-15(16)19-14(12)21/h7,9-13H,5-6,8H2,1-4H3,(H,22,23)(H3,16,18,19,21)/t11-,12?,13?/m1/s1. The van der Waals surface area contributed by atoms with E-state index in [1.807, 2.05) is 13.8 Å². The number of guanidine groups is 1. The van der Waals surface area contributed by atoms with Gasteiger partial charge in [0.05, 0.1) is 31.8 Å². The molecule has 0 bridgehead atoms. The summed E-state index contributed by atoms with van der Waals surface area (Å²) in [4.78, 5) is 31.5. The molecule has 2 heterocycles. The molecule has 0 aromatic heterocycles. The van der Waals surface area contributed by atoms with Crippen LogP contribution in [-0.2, 0) is 27.9 Å². The molecule has 0 aliphatic carbocycles. The van der Waals surface area contributed by atoms with Crippen molar-refractivity contribution in [1.82, 2.24) is 10.2 Å². The molecule has 4 atom stereocenters. The fraction of sp³-hybridized carbons (Fsp3) is 0.800. The number of aliphatic imine (C=N–C) groups is 2. The third-order valence-corrected chi connectivity index (χ3v) is 4.79. The van der Waals surface area contributed by atoms with E-state index in [0.29, 0.717) is 0 Å². The molecule has 3 unspecified atom stereocenters. The Hall–Kier alpha value is -1.56. The Morgan fingerprint density at radius 1 is 1.29 bits per heavy atom. The SMILES string of the molecule is CC(C)OC[C@H](COP(=O)(O)OC(C)C)OCN1C=NC2C(=O)NC(N)=NC21. The molecule has 4 N–H and O–H groups in total. The van der Waals surface area contributed by atoms with E-state index in [0.717, 1.165) is 0 Å². The van der Waals surface area contributed by atoms with Crippen LogP contribution in [0.15, 0.2) is 9.98 Å². The van der Waals surface area contributed by atoms with E-state index >= 15 is 0 Å². The van der Waals surface area contributed by atoms with Crippen molar-refractivity contribution in [2.24, 2.45) is 15.7 Å². The molecule has 0 radical (unpaired) electrons. The number of fused-ring (bicyclic) bond motifs is 1. The summed E-state index contributed by atoms with van der Waals surface area (Å²) in [6, 6.07) is -0.699. The molecule has 2 aliphatic rings. The number of phosphoric acid groups is 1. The number of amides is 1. The van der Waals surface area contributed by atoms with Gasteiger partial charge in [-0.15, -0.1) is 0 Å². The molecular weight excluding hydrogens is 393 g/mol. The third kappa shape index (κ3) is 6.80. The monoisotopic (exact) mass is 421 g/mol. The number of hydrogen-bond donors (Lipinski definition) is 3. The summed E-state index contributed by atoms with van der Waals surface area (Å²) < 4.78 is 33.1. The molecule has 13 heteroatoms. The minimum atomic E-state index is -4.21. The zero-order valence-corrected chi connectivity index (χ0v) is 17.2. The van der Waals surface area contributed by atoms with E-state index in [4.69, 9.17) is 24.3 Å². The van der Waals surface area contributed by atoms with Gasteiger partial charge in [0.2, 0.25) is 0 Å². The van der Waals surface area contributed by atoms with Crippen molar-refractivity contribution in [3.8, 4) is 0 Å². The number of ether oxygens (including phenoxy) is 2. The van der Waals surface area contributed by atoms with Gasteiger partial charge in [0, 0.05) is 0 Å². The topological polar surface area (TPSA) is 157 Å². The van der Waals surface area contributed by atoms with Crippen LogP contribution in [0.2, 0.25) is 0 Å². The van der Waals surface area contributed by atoms with Crippen LogP contribution in [0.3, 0.4) is 0 Å². The molecule has 0 aromatic rings. The number of hydrogen-bond acceptors (Lipinski definition) is 10. The van der Waals surface area contributed by atoms with Gasteiger partial charge in [0.1, 0.15) is 12.8 Å². The van der Waals surface area contributed by atoms with Crippen LogP contribution in [-0.4, -0.2) is 78.5 Å². The second-order valence-corrected chi connectivity index (χ2v) is 8.27. The smallest absolute Gasteiger partial charge is 0.376 e. The second-order valence-electron chi connectivity index (χ2n) is 6.86. The summed E-state index contributed by atoms with van der Waals surface area (Å²) in [5.74, 6) is -0.330. The first kappa shape index (κ1) is 22.7. The Labute approximate surface area is 163 Å². The highest BCUT2D eigenvalue weighted by Crippen LogP contribution is 2.44. The fourth-order valence-corrected chi connectivity index (χ4v) is 3.37. The molecule has 0 saturated carbocycles. The number of carbonyl (C=O) groups is 1. The molecule has 0 spiro atoms. The number of nitrogens with one attached hydrogen (secondary N) is 1. The molecule has 2 rings (SSSR count). The molecule has 12 nitrogen and oxygen atoms in total. The lowest BCUT2D eigenvalue weighted by molar-refractivity contribution is -0.123. The molecule has 0 saturated heterocycles. The van der Waals surface area contributed by atoms with Gasteiger partial charge in [-0.2, -0.15) is 0 Å². The molecule has 28 heavy (non-hydrogen) atoms. The predicted octanol–water partition coefficient (Wildman–Crippen LogP) is -0.221. The molecule has 2 aliphatic heterocycles. The maximum atomic E-state index is 11.9. The quantitative estimate of drug-likeness (QED) is 0.384. The lowest BCUT2D eigenvalue weighted by atomic mass is 10.2. The first-order valence-corrected chi connectivity index (χ1v) is 10.4. The largest absolute Gasteiger partial charge is 0.472 e. The minimum absolute atomic E-state index is 0.00494. The van der Waals surface area contributed by atoms with Crippen LogP contribution >= 0.6 is 7.82 Å². The van der Waals surface area contributed by atoms with Crippen molar-refractivity contribution in [1.29, 1.82) is 0 Å². The minimum Gasteiger partial charge on any atom is -0.376 e. The van der Waals surface area contributed by atoms with Gasteiger partial charge in [0.25, 0.3) is 5.91 Å². The Bertz CT molecular complexity index is 657. The lowest BCUT2D eigenvalue weighted by Gasteiger charge is -2.29. The molecule has 160 valence electrons. The first-order chi connectivity index (χ1) is 13.1. The summed E-state index contributed by atoms with van der Waals surface area (Å²) in [7, 11) is -4.21. The maximum Gasteiger partial charge on any atom is 0.472 e. The summed E-state index contributed by atoms with van der Waals surface area (Å²) >= 11 is 0. The number of nitrogens with two attached hydrogens (primary N) is 1. The predicted molar refractivity (Wildman–Crippen MR) is 100 cm³/mol. The summed E-state index contributed by atoms with van der Waals surface area (Å²) in [5.41, 5.74) is 5.60. The number of phosphoric ester groups is 1. The van der Waals surface area contributed by atoms with E-state index in [1.165, 1.54) is 6.34 Å². The number of rotatable bonds is 11. The van der Waals surface area contributed by atoms with E-state index in [9.17, 15) is 14.3 Å². The second kappa shape index (κ2) is 9.77. The zero-order chi connectivity index (χ0) is 20.9. The summed E-state index contributed by atoms with van der Waals surface area (Å²) in [6.45, 7) is 6.86. The Morgan fingerprint density at radius 2 is 2.00 bits per heavy atom. The van der Waals surface area contributed by atoms with Crippen molar-refractivity contribution >= 4 is 26.0 Å². The Morgan fingerprint density at radius 3 is 2.64 bits per heavy atom. The molecule has 0 aromatic carbocycles. The molecular formula is C15H28N5O7P. The molecule has 0 fully saturated rings. The highest BCUT2D eigenvalue weighted by molar-refractivity contribution is 7.47. The van der Waals surface area contributed by atoms with Crippen molar-refractivity contribution in [3.63, 3.8) is 0 Å². The molecule has 1 amide bonds. The fourth-order valence-electron chi connectivity index (χ4n) is 2.43. The van der Waals surface area contributed by atoms with Crippen molar-refractivity contribution < 1.29 is 32.8 Å². The van der Waals surface area contributed by atoms with E-state index in [1.54, 1.807) is 18.7 Å². The van der Waals surface area contributed by atoms with Crippen LogP contribution in [0.4, 0.5) is 0 Å². The van der Waals surface area contributed by atoms with Gasteiger partial charge in [-0.3, -0.25) is 24.2 Å². The van der Waals surface area contributed by atoms with Gasteiger partial charge in [-0.05, 0) is 27.7 Å². The van der Waals surface area contributed by atoms with Crippen LogP contribution in [0.5, 0.6) is 0 Å². The average molecular weight is 421 g/mol. The summed E-state index contributed by atoms with van der Waals surface area (Å²) in [6.07, 6.45) is -0.347. The van der Waals surface area contributed by atoms with E-state index < -0.39 is 32.2 Å². The van der Waals surface area contributed by atoms with Crippen LogP contribution in [0, 0.1) is 0 Å². The van der Waals surface area contributed by atoms with Crippen molar-refractivity contribution in [3.05, 3.63) is 0 Å². The van der Waals surface area contributed by atoms with Crippen molar-refractivity contribution in [2.75, 3.05) is 19.9 Å². The Balaban J connectivity index is 1.93. The van der Waals surface area contributed by atoms with E-state index in [-0.39, 0.29) is 37.9 Å². The van der Waals surface area contributed by atoms with Crippen molar-refractivity contribution in [2.45, 2.75) is 58.2 Å². The highest BCUT2D eigenvalue weighted by Gasteiger charge is 2.39. The van der Waals surface area contributed by atoms with Crippen LogP contribution in [0.25, 0.3) is 0 Å². The highest BCUT2D eigenvalue weighted by atomic mass is 31.2. The van der Waals surface area contributed by atoms with Gasteiger partial charge in [-0.25, -0.2) is 9.56 Å². The number of nitrogens with zero attached hydrogens (tertiary/aromatic N) is 3. The Kier molecular flexibility index (Phi) is 7.93. The third-order valence-electron chi connectivity index (χ3n) is 3.63. The van der Waals surface area contributed by atoms with Gasteiger partial charge in [-0.1, -0.05) is 0 Å². The first-order valence-electron chi connectivity index (χ1n) is 8.89. The van der Waals surface area contributed by atoms with Gasteiger partial charge in [0.15, 0.2) is 18.2 Å². The zero-order valence-electron chi connectivity index (χ0n) is 16.3. The summed E-state index contributed by atoms with van der Waals surface area (Å²) in [5, 5.41) is 2.42. The van der Waals surface area contributed by atoms with Gasteiger partial charge < -0.3 is 25.0 Å². The van der Waals surface area contributed by atoms with E-state index in [2.05, 4.69) is 15.3 Å². The van der Waals surface area contributed by atoms with Crippen LogP contribution in [0.1, 0.15) is 27.7 Å². The average Bonchev–Trinajstić information content (AvgIpc) is 2.96. The normalized spacial score (nSPS) is 24.9. The van der Waals surface area contributed by atoms with Gasteiger partial charge >= 0.3 is 7.82 Å².